The molecule has 0 aliphatic carbocycles. The molecule has 0 atom stereocenters. The van der Waals surface area contributed by atoms with Crippen molar-refractivity contribution in [3.63, 3.8) is 0 Å². The van der Waals surface area contributed by atoms with E-state index in [0.29, 0.717) is 25.9 Å². The Bertz CT molecular complexity index is 444. The van der Waals surface area contributed by atoms with Gasteiger partial charge in [-0.05, 0) is 33.3 Å². The summed E-state index contributed by atoms with van der Waals surface area (Å²) in [6, 6.07) is 8.33. The van der Waals surface area contributed by atoms with Crippen LogP contribution in [-0.4, -0.2) is 41.2 Å². The average molecular weight is 340 g/mol. The van der Waals surface area contributed by atoms with Gasteiger partial charge in [-0.15, -0.1) is 0 Å². The normalized spacial score (nSPS) is 11.5. The fraction of sp³-hybridized carbons (Fsp3) is 0.588. The summed E-state index contributed by atoms with van der Waals surface area (Å²) in [7, 11) is -2.74. The summed E-state index contributed by atoms with van der Waals surface area (Å²) >= 11 is 0. The molecule has 0 aliphatic rings. The van der Waals surface area contributed by atoms with Gasteiger partial charge >= 0.3 is 14.8 Å². The molecular formula is C17H28O5Si. The molecular weight excluding hydrogens is 312 g/mol. The topological polar surface area (TPSA) is 54.0 Å². The van der Waals surface area contributed by atoms with E-state index in [-0.39, 0.29) is 19.0 Å². The minimum atomic E-state index is -2.74. The highest BCUT2D eigenvalue weighted by Gasteiger charge is 2.40. The Morgan fingerprint density at radius 3 is 1.96 bits per heavy atom. The number of rotatable bonds is 11. The van der Waals surface area contributed by atoms with E-state index in [0.717, 1.165) is 5.56 Å². The molecule has 5 nitrogen and oxygen atoms in total. The molecule has 130 valence electrons. The number of benzene rings is 1. The third-order valence-corrected chi connectivity index (χ3v) is 6.24. The molecule has 0 amide bonds. The monoisotopic (exact) mass is 340 g/mol. The second-order valence-electron chi connectivity index (χ2n) is 5.11. The van der Waals surface area contributed by atoms with Crippen molar-refractivity contribution in [3.05, 3.63) is 35.4 Å². The Kier molecular flexibility index (Phi) is 9.09. The minimum absolute atomic E-state index is 0.247. The number of carbonyl (C=O) groups excluding carboxylic acids is 1. The van der Waals surface area contributed by atoms with Gasteiger partial charge in [-0.2, -0.15) is 0 Å². The molecule has 0 saturated heterocycles. The lowest BCUT2D eigenvalue weighted by Gasteiger charge is -2.28. The Morgan fingerprint density at radius 2 is 1.48 bits per heavy atom. The van der Waals surface area contributed by atoms with Crippen LogP contribution in [0, 0.1) is 6.92 Å². The molecule has 6 heteroatoms. The Labute approximate surface area is 140 Å². The van der Waals surface area contributed by atoms with E-state index in [2.05, 4.69) is 0 Å². The van der Waals surface area contributed by atoms with E-state index < -0.39 is 8.80 Å². The highest BCUT2D eigenvalue weighted by Crippen LogP contribution is 2.16. The smallest absolute Gasteiger partial charge is 0.465 e. The van der Waals surface area contributed by atoms with Gasteiger partial charge in [-0.25, -0.2) is 0 Å². The molecule has 0 N–H and O–H groups in total. The molecule has 0 aromatic heterocycles. The molecule has 0 unspecified atom stereocenters. The summed E-state index contributed by atoms with van der Waals surface area (Å²) in [6.07, 6.45) is 0.271. The summed E-state index contributed by atoms with van der Waals surface area (Å²) in [4.78, 5) is 11.9. The molecule has 23 heavy (non-hydrogen) atoms. The lowest BCUT2D eigenvalue weighted by molar-refractivity contribution is -0.142. The van der Waals surface area contributed by atoms with Crippen LogP contribution >= 0.6 is 0 Å². The highest BCUT2D eigenvalue weighted by atomic mass is 28.4. The van der Waals surface area contributed by atoms with Crippen molar-refractivity contribution >= 4 is 14.8 Å². The van der Waals surface area contributed by atoms with Crippen LogP contribution in [0.5, 0.6) is 0 Å². The zero-order chi connectivity index (χ0) is 17.1. The van der Waals surface area contributed by atoms with Crippen molar-refractivity contribution in [2.75, 3.05) is 26.4 Å². The fourth-order valence-corrected chi connectivity index (χ4v) is 4.57. The fourth-order valence-electron chi connectivity index (χ4n) is 2.21. The third kappa shape index (κ3) is 7.26. The Morgan fingerprint density at radius 1 is 0.957 bits per heavy atom. The van der Waals surface area contributed by atoms with E-state index in [9.17, 15) is 4.79 Å². The van der Waals surface area contributed by atoms with Crippen LogP contribution in [0.3, 0.4) is 0 Å². The minimum Gasteiger partial charge on any atom is -0.465 e. The zero-order valence-corrected chi connectivity index (χ0v) is 15.6. The van der Waals surface area contributed by atoms with Crippen LogP contribution in [0.2, 0.25) is 6.04 Å². The first-order chi connectivity index (χ1) is 11.0. The molecule has 1 rings (SSSR count). The van der Waals surface area contributed by atoms with Gasteiger partial charge in [0, 0.05) is 19.8 Å². The summed E-state index contributed by atoms with van der Waals surface area (Å²) in [5.74, 6) is -0.249. The number of hydrogen-bond acceptors (Lipinski definition) is 5. The van der Waals surface area contributed by atoms with Gasteiger partial charge in [0.2, 0.25) is 0 Å². The molecule has 0 radical (unpaired) electrons. The SMILES string of the molecule is CCO[Si](CCOC(=O)Cc1ccc(C)cc1)(OCC)OCC. The number of ether oxygens (including phenoxy) is 1. The first kappa shape index (κ1) is 19.8. The van der Waals surface area contributed by atoms with Crippen molar-refractivity contribution in [2.45, 2.75) is 40.2 Å². The summed E-state index contributed by atoms with van der Waals surface area (Å²) in [5.41, 5.74) is 2.12. The van der Waals surface area contributed by atoms with Gasteiger partial charge in [0.15, 0.2) is 0 Å². The predicted octanol–water partition coefficient (Wildman–Crippen LogP) is 3.13. The van der Waals surface area contributed by atoms with Crippen molar-refractivity contribution < 1.29 is 22.8 Å². The van der Waals surface area contributed by atoms with Crippen molar-refractivity contribution in [1.82, 2.24) is 0 Å². The van der Waals surface area contributed by atoms with E-state index in [4.69, 9.17) is 18.0 Å². The first-order valence-corrected chi connectivity index (χ1v) is 10.1. The number of hydrogen-bond donors (Lipinski definition) is 0. The van der Waals surface area contributed by atoms with Crippen molar-refractivity contribution in [3.8, 4) is 0 Å². The molecule has 0 aliphatic heterocycles. The van der Waals surface area contributed by atoms with Crippen LogP contribution < -0.4 is 0 Å². The van der Waals surface area contributed by atoms with Crippen LogP contribution in [0.25, 0.3) is 0 Å². The lowest BCUT2D eigenvalue weighted by Crippen LogP contribution is -2.47. The van der Waals surface area contributed by atoms with Gasteiger partial charge in [-0.1, -0.05) is 29.8 Å². The second-order valence-corrected chi connectivity index (χ2v) is 7.85. The van der Waals surface area contributed by atoms with Gasteiger partial charge in [0.1, 0.15) is 0 Å². The van der Waals surface area contributed by atoms with E-state index >= 15 is 0 Å². The van der Waals surface area contributed by atoms with Gasteiger partial charge < -0.3 is 18.0 Å². The van der Waals surface area contributed by atoms with E-state index in [1.54, 1.807) is 0 Å². The third-order valence-electron chi connectivity index (χ3n) is 3.23. The molecule has 1 aromatic carbocycles. The van der Waals surface area contributed by atoms with E-state index in [1.807, 2.05) is 52.0 Å². The van der Waals surface area contributed by atoms with Crippen LogP contribution in [0.4, 0.5) is 0 Å². The van der Waals surface area contributed by atoms with Gasteiger partial charge in [-0.3, -0.25) is 4.79 Å². The van der Waals surface area contributed by atoms with E-state index in [1.165, 1.54) is 5.56 Å². The van der Waals surface area contributed by atoms with Crippen molar-refractivity contribution in [1.29, 1.82) is 0 Å². The predicted molar refractivity (Wildman–Crippen MR) is 91.3 cm³/mol. The average Bonchev–Trinajstić information content (AvgIpc) is 2.50. The standard InChI is InChI=1S/C17H28O5Si/c1-5-20-23(21-6-2,22-7-3)13-12-19-17(18)14-16-10-8-15(4)9-11-16/h8-11H,5-7,12-14H2,1-4H3. The highest BCUT2D eigenvalue weighted by molar-refractivity contribution is 6.60. The molecule has 0 saturated carbocycles. The van der Waals surface area contributed by atoms with Gasteiger partial charge in [0.25, 0.3) is 0 Å². The van der Waals surface area contributed by atoms with Crippen molar-refractivity contribution in [2.24, 2.45) is 0 Å². The molecule has 0 bridgehead atoms. The number of esters is 1. The quantitative estimate of drug-likeness (QED) is 0.457. The number of aryl methyl sites for hydroxylation is 1. The molecule has 0 heterocycles. The first-order valence-electron chi connectivity index (χ1n) is 8.18. The number of carbonyl (C=O) groups is 1. The lowest BCUT2D eigenvalue weighted by atomic mass is 10.1. The van der Waals surface area contributed by atoms with Crippen LogP contribution in [0.15, 0.2) is 24.3 Å². The second kappa shape index (κ2) is 10.5. The Hall–Kier alpha value is -1.21. The zero-order valence-electron chi connectivity index (χ0n) is 14.6. The summed E-state index contributed by atoms with van der Waals surface area (Å²) in [6.45, 7) is 9.53. The largest absolute Gasteiger partial charge is 0.504 e. The molecule has 1 aromatic rings. The summed E-state index contributed by atoms with van der Waals surface area (Å²) in [5, 5.41) is 0. The summed E-state index contributed by atoms with van der Waals surface area (Å²) < 4.78 is 22.5. The molecule has 0 fully saturated rings. The maximum atomic E-state index is 11.9. The molecule has 0 spiro atoms. The van der Waals surface area contributed by atoms with Crippen LogP contribution in [0.1, 0.15) is 31.9 Å². The van der Waals surface area contributed by atoms with Gasteiger partial charge in [0.05, 0.1) is 19.1 Å². The maximum absolute atomic E-state index is 11.9. The maximum Gasteiger partial charge on any atom is 0.504 e. The Balaban J connectivity index is 2.47. The van der Waals surface area contributed by atoms with Crippen LogP contribution in [-0.2, 0) is 29.2 Å².